The van der Waals surface area contributed by atoms with E-state index >= 15 is 0 Å². The summed E-state index contributed by atoms with van der Waals surface area (Å²) < 4.78 is 0.898. The monoisotopic (exact) mass is 159 g/mol. The van der Waals surface area contributed by atoms with Crippen molar-refractivity contribution >= 4 is 11.8 Å². The predicted molar refractivity (Wildman–Crippen MR) is 38.4 cm³/mol. The molecule has 0 spiro atoms. The van der Waals surface area contributed by atoms with Gasteiger partial charge < -0.3 is 5.11 Å². The molecule has 0 saturated carbocycles. The first-order chi connectivity index (χ1) is 4.61. The standard InChI is InChI=1S/C6H6ClNO2/c1-4-3-8(7)6(10)2-5(4)9/h2-3,9H,1H3. The Hall–Kier alpha value is -0.960. The average molecular weight is 160 g/mol. The van der Waals surface area contributed by atoms with Crippen LogP contribution in [0.25, 0.3) is 0 Å². The van der Waals surface area contributed by atoms with Crippen molar-refractivity contribution in [2.24, 2.45) is 0 Å². The smallest absolute Gasteiger partial charge is 0.268 e. The van der Waals surface area contributed by atoms with Gasteiger partial charge in [-0.2, -0.15) is 0 Å². The Morgan fingerprint density at radius 3 is 2.80 bits per heavy atom. The topological polar surface area (TPSA) is 42.2 Å². The molecule has 0 bridgehead atoms. The third-order valence-corrected chi connectivity index (χ3v) is 1.45. The lowest BCUT2D eigenvalue weighted by atomic mass is 10.3. The molecule has 1 aromatic heterocycles. The highest BCUT2D eigenvalue weighted by atomic mass is 35.5. The summed E-state index contributed by atoms with van der Waals surface area (Å²) in [7, 11) is 0. The molecule has 1 rings (SSSR count). The van der Waals surface area contributed by atoms with E-state index in [9.17, 15) is 4.79 Å². The molecular weight excluding hydrogens is 154 g/mol. The Balaban J connectivity index is 3.43. The first-order valence-electron chi connectivity index (χ1n) is 2.69. The summed E-state index contributed by atoms with van der Waals surface area (Å²) in [5, 5.41) is 8.95. The zero-order valence-electron chi connectivity index (χ0n) is 5.34. The van der Waals surface area contributed by atoms with Crippen molar-refractivity contribution < 1.29 is 5.11 Å². The van der Waals surface area contributed by atoms with Gasteiger partial charge in [0.1, 0.15) is 5.75 Å². The molecule has 0 aliphatic heterocycles. The van der Waals surface area contributed by atoms with Gasteiger partial charge in [0.05, 0.1) is 0 Å². The summed E-state index contributed by atoms with van der Waals surface area (Å²) in [6.45, 7) is 1.66. The number of aryl methyl sites for hydroxylation is 1. The van der Waals surface area contributed by atoms with Crippen molar-refractivity contribution in [2.75, 3.05) is 0 Å². The van der Waals surface area contributed by atoms with E-state index in [0.29, 0.717) is 5.56 Å². The Labute approximate surface area is 62.6 Å². The molecule has 1 heterocycles. The molecule has 1 N–H and O–H groups in total. The minimum Gasteiger partial charge on any atom is -0.507 e. The maximum Gasteiger partial charge on any atom is 0.268 e. The maximum absolute atomic E-state index is 10.7. The van der Waals surface area contributed by atoms with Crippen molar-refractivity contribution in [1.82, 2.24) is 4.09 Å². The van der Waals surface area contributed by atoms with E-state index in [1.54, 1.807) is 6.92 Å². The van der Waals surface area contributed by atoms with Gasteiger partial charge in [-0.3, -0.25) is 4.79 Å². The lowest BCUT2D eigenvalue weighted by molar-refractivity contribution is 0.469. The lowest BCUT2D eigenvalue weighted by Gasteiger charge is -1.97. The van der Waals surface area contributed by atoms with E-state index in [0.717, 1.165) is 10.2 Å². The lowest BCUT2D eigenvalue weighted by Crippen LogP contribution is -2.10. The minimum absolute atomic E-state index is 0.0260. The van der Waals surface area contributed by atoms with Gasteiger partial charge in [-0.05, 0) is 6.92 Å². The molecule has 1 aromatic rings. The fourth-order valence-corrected chi connectivity index (χ4v) is 0.787. The molecule has 0 aromatic carbocycles. The van der Waals surface area contributed by atoms with Crippen LogP contribution in [0, 0.1) is 6.92 Å². The van der Waals surface area contributed by atoms with Crippen LogP contribution in [0.4, 0.5) is 0 Å². The van der Waals surface area contributed by atoms with Gasteiger partial charge in [0.15, 0.2) is 0 Å². The molecule has 0 unspecified atom stereocenters. The van der Waals surface area contributed by atoms with Gasteiger partial charge in [0.25, 0.3) is 5.56 Å². The predicted octanol–water partition coefficient (Wildman–Crippen LogP) is 0.864. The van der Waals surface area contributed by atoms with E-state index in [2.05, 4.69) is 0 Å². The Bertz CT molecular complexity index is 305. The van der Waals surface area contributed by atoms with Crippen LogP contribution in [0.2, 0.25) is 0 Å². The van der Waals surface area contributed by atoms with E-state index in [-0.39, 0.29) is 5.75 Å². The van der Waals surface area contributed by atoms with Crippen LogP contribution in [0.15, 0.2) is 17.1 Å². The van der Waals surface area contributed by atoms with Crippen LogP contribution >= 0.6 is 11.8 Å². The molecule has 0 saturated heterocycles. The van der Waals surface area contributed by atoms with Gasteiger partial charge in [-0.25, -0.2) is 4.09 Å². The number of aromatic nitrogens is 1. The number of pyridine rings is 1. The Morgan fingerprint density at radius 2 is 2.30 bits per heavy atom. The summed E-state index contributed by atoms with van der Waals surface area (Å²) >= 11 is 5.38. The van der Waals surface area contributed by atoms with Crippen LogP contribution in [0.5, 0.6) is 5.75 Å². The fraction of sp³-hybridized carbons (Fsp3) is 0.167. The number of nitrogens with zero attached hydrogens (tertiary/aromatic N) is 1. The second kappa shape index (κ2) is 2.34. The Kier molecular flexibility index (Phi) is 1.68. The second-order valence-electron chi connectivity index (χ2n) is 1.99. The van der Waals surface area contributed by atoms with Crippen molar-refractivity contribution in [1.29, 1.82) is 0 Å². The van der Waals surface area contributed by atoms with E-state index < -0.39 is 5.56 Å². The molecule has 54 valence electrons. The summed E-state index contributed by atoms with van der Waals surface area (Å²) in [5.74, 6) is -0.0260. The van der Waals surface area contributed by atoms with Gasteiger partial charge in [-0.15, -0.1) is 0 Å². The minimum atomic E-state index is -0.426. The van der Waals surface area contributed by atoms with Crippen LogP contribution in [0.1, 0.15) is 5.56 Å². The molecule has 0 aliphatic carbocycles. The normalized spacial score (nSPS) is 9.80. The van der Waals surface area contributed by atoms with Gasteiger partial charge in [0, 0.05) is 29.6 Å². The van der Waals surface area contributed by atoms with Gasteiger partial charge in [0.2, 0.25) is 0 Å². The quantitative estimate of drug-likeness (QED) is 0.610. The summed E-state index contributed by atoms with van der Waals surface area (Å²) in [5.41, 5.74) is 0.152. The second-order valence-corrected chi connectivity index (χ2v) is 2.36. The molecule has 3 nitrogen and oxygen atoms in total. The largest absolute Gasteiger partial charge is 0.507 e. The van der Waals surface area contributed by atoms with Crippen molar-refractivity contribution in [3.8, 4) is 5.75 Å². The van der Waals surface area contributed by atoms with Crippen LogP contribution in [-0.4, -0.2) is 9.19 Å². The van der Waals surface area contributed by atoms with Gasteiger partial charge in [-0.1, -0.05) is 0 Å². The van der Waals surface area contributed by atoms with Crippen LogP contribution in [-0.2, 0) is 0 Å². The first kappa shape index (κ1) is 7.15. The first-order valence-corrected chi connectivity index (χ1v) is 3.03. The SMILES string of the molecule is Cc1cn(Cl)c(=O)cc1O. The summed E-state index contributed by atoms with van der Waals surface area (Å²) in [6, 6.07) is 1.07. The highest BCUT2D eigenvalue weighted by molar-refractivity contribution is 6.15. The van der Waals surface area contributed by atoms with Crippen molar-refractivity contribution in [3.63, 3.8) is 0 Å². The third-order valence-electron chi connectivity index (χ3n) is 1.18. The summed E-state index contributed by atoms with van der Waals surface area (Å²) in [6.07, 6.45) is 1.36. The highest BCUT2D eigenvalue weighted by Crippen LogP contribution is 2.10. The third kappa shape index (κ3) is 1.14. The van der Waals surface area contributed by atoms with Gasteiger partial charge >= 0.3 is 0 Å². The highest BCUT2D eigenvalue weighted by Gasteiger charge is 1.98. The number of aromatic hydroxyl groups is 1. The average Bonchev–Trinajstić information content (AvgIpc) is 1.84. The maximum atomic E-state index is 10.7. The number of hydrogen-bond acceptors (Lipinski definition) is 2. The van der Waals surface area contributed by atoms with Crippen LogP contribution < -0.4 is 5.56 Å². The number of rotatable bonds is 0. The summed E-state index contributed by atoms with van der Waals surface area (Å²) in [4.78, 5) is 10.7. The number of hydrogen-bond donors (Lipinski definition) is 1. The molecule has 0 atom stereocenters. The Morgan fingerprint density at radius 1 is 1.70 bits per heavy atom. The van der Waals surface area contributed by atoms with E-state index in [4.69, 9.17) is 16.9 Å². The zero-order chi connectivity index (χ0) is 7.72. The molecular formula is C6H6ClNO2. The fourth-order valence-electron chi connectivity index (χ4n) is 0.592. The van der Waals surface area contributed by atoms with Crippen molar-refractivity contribution in [3.05, 3.63) is 28.2 Å². The molecule has 0 aliphatic rings. The molecule has 0 amide bonds. The molecule has 4 heteroatoms. The van der Waals surface area contributed by atoms with Crippen molar-refractivity contribution in [2.45, 2.75) is 6.92 Å². The molecule has 10 heavy (non-hydrogen) atoms. The molecule has 0 fully saturated rings. The zero-order valence-corrected chi connectivity index (χ0v) is 6.09. The van der Waals surface area contributed by atoms with E-state index in [1.165, 1.54) is 6.20 Å². The molecule has 0 radical (unpaired) electrons. The van der Waals surface area contributed by atoms with E-state index in [1.807, 2.05) is 0 Å². The number of halogens is 1. The van der Waals surface area contributed by atoms with Crippen LogP contribution in [0.3, 0.4) is 0 Å².